The topological polar surface area (TPSA) is 38.5 Å². The first kappa shape index (κ1) is 13.9. The Balaban J connectivity index is 2.08. The average molecular weight is 260 g/mol. The highest BCUT2D eigenvalue weighted by molar-refractivity contribution is 5.27. The Bertz CT molecular complexity index is 427. The van der Waals surface area contributed by atoms with Gasteiger partial charge in [0, 0.05) is 12.2 Å². The number of nitrogens with two attached hydrogens (primary N) is 1. The van der Waals surface area contributed by atoms with Crippen LogP contribution in [0, 0.1) is 5.92 Å². The van der Waals surface area contributed by atoms with E-state index in [1.54, 1.807) is 7.11 Å². The van der Waals surface area contributed by atoms with Gasteiger partial charge in [-0.2, -0.15) is 0 Å². The number of likely N-dealkylation sites (tertiary alicyclic amines) is 1. The highest BCUT2D eigenvalue weighted by atomic mass is 16.5. The minimum atomic E-state index is 0.302. The van der Waals surface area contributed by atoms with Gasteiger partial charge in [0.1, 0.15) is 5.75 Å². The fourth-order valence-corrected chi connectivity index (χ4v) is 3.02. The van der Waals surface area contributed by atoms with E-state index in [2.05, 4.69) is 30.5 Å². The van der Waals surface area contributed by atoms with Crippen molar-refractivity contribution in [2.24, 2.45) is 11.7 Å². The second-order valence-corrected chi connectivity index (χ2v) is 5.46. The van der Waals surface area contributed by atoms with Crippen molar-refractivity contribution >= 4 is 0 Å². The van der Waals surface area contributed by atoms with Gasteiger partial charge in [-0.05, 0) is 43.0 Å². The fraction of sp³-hybridized carbons (Fsp3) is 0.500. The van der Waals surface area contributed by atoms with Gasteiger partial charge in [0.05, 0.1) is 13.2 Å². The molecule has 1 saturated heterocycles. The maximum Gasteiger partial charge on any atom is 0.118 e. The zero-order chi connectivity index (χ0) is 13.8. The summed E-state index contributed by atoms with van der Waals surface area (Å²) >= 11 is 0. The lowest BCUT2D eigenvalue weighted by atomic mass is 9.89. The molecular weight excluding hydrogens is 236 g/mol. The Morgan fingerprint density at radius 3 is 2.68 bits per heavy atom. The smallest absolute Gasteiger partial charge is 0.118 e. The largest absolute Gasteiger partial charge is 0.497 e. The molecule has 1 aromatic rings. The molecule has 3 heteroatoms. The first-order valence-electron chi connectivity index (χ1n) is 6.93. The van der Waals surface area contributed by atoms with Crippen LogP contribution in [-0.4, -0.2) is 24.6 Å². The molecule has 2 atom stereocenters. The van der Waals surface area contributed by atoms with Crippen molar-refractivity contribution in [2.75, 3.05) is 13.7 Å². The van der Waals surface area contributed by atoms with Crippen LogP contribution in [0.15, 0.2) is 36.5 Å². The summed E-state index contributed by atoms with van der Waals surface area (Å²) in [6, 6.07) is 8.56. The molecule has 0 bridgehead atoms. The molecule has 0 unspecified atom stereocenters. The zero-order valence-electron chi connectivity index (χ0n) is 11.9. The molecule has 2 rings (SSSR count). The standard InChI is InChI=1S/C16H24N2O/c1-12-5-4-10-18(16(12)13(2)17)11-14-6-8-15(19-3)9-7-14/h6-9,12,16H,2,4-5,10-11,17H2,1,3H3/t12-,16+/m1/s1. The summed E-state index contributed by atoms with van der Waals surface area (Å²) in [5.41, 5.74) is 8.08. The average Bonchev–Trinajstić information content (AvgIpc) is 2.39. The first-order chi connectivity index (χ1) is 9.11. The number of nitrogens with zero attached hydrogens (tertiary/aromatic N) is 1. The lowest BCUT2D eigenvalue weighted by molar-refractivity contribution is 0.117. The highest BCUT2D eigenvalue weighted by Crippen LogP contribution is 2.27. The van der Waals surface area contributed by atoms with Crippen molar-refractivity contribution in [3.8, 4) is 5.75 Å². The van der Waals surface area contributed by atoms with E-state index in [0.717, 1.165) is 24.5 Å². The van der Waals surface area contributed by atoms with E-state index in [1.165, 1.54) is 18.4 Å². The van der Waals surface area contributed by atoms with Gasteiger partial charge in [-0.25, -0.2) is 0 Å². The second kappa shape index (κ2) is 6.11. The molecule has 104 valence electrons. The van der Waals surface area contributed by atoms with Crippen LogP contribution in [0.1, 0.15) is 25.3 Å². The predicted molar refractivity (Wildman–Crippen MR) is 78.9 cm³/mol. The van der Waals surface area contributed by atoms with Crippen molar-refractivity contribution in [1.82, 2.24) is 4.90 Å². The number of ether oxygens (including phenoxy) is 1. The van der Waals surface area contributed by atoms with E-state index in [0.29, 0.717) is 12.0 Å². The number of hydrogen-bond donors (Lipinski definition) is 1. The van der Waals surface area contributed by atoms with Gasteiger partial charge in [-0.15, -0.1) is 0 Å². The Morgan fingerprint density at radius 2 is 2.11 bits per heavy atom. The molecule has 1 aliphatic rings. The molecule has 1 aliphatic heterocycles. The number of benzene rings is 1. The summed E-state index contributed by atoms with van der Waals surface area (Å²) in [4.78, 5) is 2.44. The van der Waals surface area contributed by atoms with Crippen LogP contribution >= 0.6 is 0 Å². The van der Waals surface area contributed by atoms with Crippen molar-refractivity contribution in [2.45, 2.75) is 32.4 Å². The molecule has 0 aliphatic carbocycles. The summed E-state index contributed by atoms with van der Waals surface area (Å²) in [5.74, 6) is 1.49. The molecule has 1 heterocycles. The molecule has 1 fully saturated rings. The Morgan fingerprint density at radius 1 is 1.42 bits per heavy atom. The van der Waals surface area contributed by atoms with E-state index < -0.39 is 0 Å². The van der Waals surface area contributed by atoms with Gasteiger partial charge in [-0.3, -0.25) is 4.90 Å². The SMILES string of the molecule is C=C(N)[C@@H]1[C@H](C)CCCN1Cc1ccc(OC)cc1. The minimum absolute atomic E-state index is 0.302. The third-order valence-corrected chi connectivity index (χ3v) is 3.96. The second-order valence-electron chi connectivity index (χ2n) is 5.46. The predicted octanol–water partition coefficient (Wildman–Crippen LogP) is 2.77. The number of hydrogen-bond acceptors (Lipinski definition) is 3. The summed E-state index contributed by atoms with van der Waals surface area (Å²) in [7, 11) is 1.69. The van der Waals surface area contributed by atoms with Gasteiger partial charge in [0.2, 0.25) is 0 Å². The molecule has 3 nitrogen and oxygen atoms in total. The van der Waals surface area contributed by atoms with Crippen LogP contribution in [-0.2, 0) is 6.54 Å². The van der Waals surface area contributed by atoms with Gasteiger partial charge in [0.15, 0.2) is 0 Å². The number of rotatable bonds is 4. The van der Waals surface area contributed by atoms with Gasteiger partial charge < -0.3 is 10.5 Å². The van der Waals surface area contributed by atoms with Crippen molar-refractivity contribution in [1.29, 1.82) is 0 Å². The molecule has 1 aromatic carbocycles. The monoisotopic (exact) mass is 260 g/mol. The lowest BCUT2D eigenvalue weighted by Crippen LogP contribution is -2.46. The van der Waals surface area contributed by atoms with Gasteiger partial charge in [0.25, 0.3) is 0 Å². The normalized spacial score (nSPS) is 24.1. The molecule has 0 saturated carbocycles. The van der Waals surface area contributed by atoms with E-state index in [9.17, 15) is 0 Å². The number of piperidine rings is 1. The third-order valence-electron chi connectivity index (χ3n) is 3.96. The minimum Gasteiger partial charge on any atom is -0.497 e. The van der Waals surface area contributed by atoms with Gasteiger partial charge >= 0.3 is 0 Å². The third kappa shape index (κ3) is 3.29. The maximum atomic E-state index is 5.99. The molecule has 2 N–H and O–H groups in total. The van der Waals surface area contributed by atoms with E-state index in [1.807, 2.05) is 12.1 Å². The quantitative estimate of drug-likeness (QED) is 0.904. The van der Waals surface area contributed by atoms with Gasteiger partial charge in [-0.1, -0.05) is 25.6 Å². The Hall–Kier alpha value is -1.48. The Kier molecular flexibility index (Phi) is 4.48. The maximum absolute atomic E-state index is 5.99. The summed E-state index contributed by atoms with van der Waals surface area (Å²) in [6.07, 6.45) is 2.47. The zero-order valence-corrected chi connectivity index (χ0v) is 11.9. The van der Waals surface area contributed by atoms with E-state index >= 15 is 0 Å². The molecule has 0 radical (unpaired) electrons. The molecular formula is C16H24N2O. The molecule has 0 spiro atoms. The van der Waals surface area contributed by atoms with Crippen molar-refractivity contribution in [3.05, 3.63) is 42.1 Å². The first-order valence-corrected chi connectivity index (χ1v) is 6.93. The molecule has 0 aromatic heterocycles. The van der Waals surface area contributed by atoms with Crippen LogP contribution < -0.4 is 10.5 Å². The van der Waals surface area contributed by atoms with Crippen LogP contribution in [0.5, 0.6) is 5.75 Å². The van der Waals surface area contributed by atoms with E-state index in [4.69, 9.17) is 10.5 Å². The van der Waals surface area contributed by atoms with Crippen molar-refractivity contribution < 1.29 is 4.74 Å². The van der Waals surface area contributed by atoms with Crippen LogP contribution in [0.25, 0.3) is 0 Å². The number of methoxy groups -OCH3 is 1. The highest BCUT2D eigenvalue weighted by Gasteiger charge is 2.29. The fourth-order valence-electron chi connectivity index (χ4n) is 3.02. The molecule has 0 amide bonds. The van der Waals surface area contributed by atoms with E-state index in [-0.39, 0.29) is 0 Å². The molecule has 19 heavy (non-hydrogen) atoms. The summed E-state index contributed by atoms with van der Waals surface area (Å²) in [6.45, 7) is 8.25. The van der Waals surface area contributed by atoms with Crippen molar-refractivity contribution in [3.63, 3.8) is 0 Å². The van der Waals surface area contributed by atoms with Crippen LogP contribution in [0.3, 0.4) is 0 Å². The summed E-state index contributed by atoms with van der Waals surface area (Å²) < 4.78 is 5.19. The van der Waals surface area contributed by atoms with Crippen LogP contribution in [0.4, 0.5) is 0 Å². The summed E-state index contributed by atoms with van der Waals surface area (Å²) in [5, 5.41) is 0. The van der Waals surface area contributed by atoms with Crippen LogP contribution in [0.2, 0.25) is 0 Å². The Labute approximate surface area is 116 Å². The lowest BCUT2D eigenvalue weighted by Gasteiger charge is -2.40.